The third-order valence-electron chi connectivity index (χ3n) is 4.66. The Morgan fingerprint density at radius 1 is 0.947 bits per heavy atom. The summed E-state index contributed by atoms with van der Waals surface area (Å²) in [5, 5.41) is 2.89. The zero-order chi connectivity index (χ0) is 13.1. The molecule has 19 heavy (non-hydrogen) atoms. The molecule has 0 amide bonds. The van der Waals surface area contributed by atoms with Crippen molar-refractivity contribution >= 4 is 37.1 Å². The standard InChI is InChI=1S/C18H16S/c1-10-11(2)13-8-9-16-18(17(13)12(10)3)14-6-4-5-7-15(14)19-16/h4-9,11H,1-3H3. The number of fused-ring (bicyclic) bond motifs is 5. The van der Waals surface area contributed by atoms with Crippen LogP contribution < -0.4 is 0 Å². The van der Waals surface area contributed by atoms with E-state index in [0.29, 0.717) is 5.92 Å². The number of rotatable bonds is 0. The Hall–Kier alpha value is -1.60. The van der Waals surface area contributed by atoms with Gasteiger partial charge in [-0.15, -0.1) is 11.3 Å². The fourth-order valence-corrected chi connectivity index (χ4v) is 4.47. The maximum atomic E-state index is 2.33. The highest BCUT2D eigenvalue weighted by Gasteiger charge is 2.26. The van der Waals surface area contributed by atoms with E-state index in [0.717, 1.165) is 0 Å². The van der Waals surface area contributed by atoms with Crippen LogP contribution >= 0.6 is 11.3 Å². The van der Waals surface area contributed by atoms with Gasteiger partial charge in [0.05, 0.1) is 0 Å². The lowest BCUT2D eigenvalue weighted by molar-refractivity contribution is 0.921. The van der Waals surface area contributed by atoms with Gasteiger partial charge >= 0.3 is 0 Å². The van der Waals surface area contributed by atoms with Crippen molar-refractivity contribution in [3.05, 3.63) is 53.1 Å². The van der Waals surface area contributed by atoms with Gasteiger partial charge < -0.3 is 0 Å². The van der Waals surface area contributed by atoms with Crippen LogP contribution in [-0.4, -0.2) is 0 Å². The van der Waals surface area contributed by atoms with Crippen molar-refractivity contribution in [3.8, 4) is 0 Å². The van der Waals surface area contributed by atoms with E-state index >= 15 is 0 Å². The van der Waals surface area contributed by atoms with Gasteiger partial charge in [0.2, 0.25) is 0 Å². The van der Waals surface area contributed by atoms with Crippen LogP contribution in [0.1, 0.15) is 37.8 Å². The van der Waals surface area contributed by atoms with Crippen LogP contribution in [0.25, 0.3) is 25.7 Å². The number of benzene rings is 2. The fourth-order valence-electron chi connectivity index (χ4n) is 3.35. The molecule has 4 rings (SSSR count). The van der Waals surface area contributed by atoms with Gasteiger partial charge in [0.25, 0.3) is 0 Å². The Morgan fingerprint density at radius 3 is 2.58 bits per heavy atom. The third-order valence-corrected chi connectivity index (χ3v) is 5.79. The topological polar surface area (TPSA) is 0 Å². The van der Waals surface area contributed by atoms with Crippen LogP contribution in [0.5, 0.6) is 0 Å². The summed E-state index contributed by atoms with van der Waals surface area (Å²) < 4.78 is 2.82. The molecule has 0 spiro atoms. The molecule has 0 nitrogen and oxygen atoms in total. The first-order valence-corrected chi connectivity index (χ1v) is 7.62. The molecule has 1 heteroatoms. The molecular formula is C18H16S. The molecule has 1 aliphatic carbocycles. The number of hydrogen-bond acceptors (Lipinski definition) is 1. The minimum absolute atomic E-state index is 0.568. The maximum Gasteiger partial charge on any atom is 0.0361 e. The summed E-state index contributed by atoms with van der Waals surface area (Å²) in [5.41, 5.74) is 6.01. The Morgan fingerprint density at radius 2 is 1.74 bits per heavy atom. The predicted molar refractivity (Wildman–Crippen MR) is 86.0 cm³/mol. The molecule has 0 saturated carbocycles. The van der Waals surface area contributed by atoms with Crippen molar-refractivity contribution in [2.45, 2.75) is 26.7 Å². The fraction of sp³-hybridized carbons (Fsp3) is 0.222. The molecule has 94 valence electrons. The summed E-state index contributed by atoms with van der Waals surface area (Å²) in [4.78, 5) is 0. The highest BCUT2D eigenvalue weighted by molar-refractivity contribution is 7.25. The molecule has 0 radical (unpaired) electrons. The Balaban J connectivity index is 2.25. The molecule has 1 unspecified atom stereocenters. The Kier molecular flexibility index (Phi) is 2.19. The van der Waals surface area contributed by atoms with Gasteiger partial charge in [0.1, 0.15) is 0 Å². The smallest absolute Gasteiger partial charge is 0.0361 e. The van der Waals surface area contributed by atoms with Crippen LogP contribution in [0.15, 0.2) is 42.0 Å². The van der Waals surface area contributed by atoms with Crippen LogP contribution in [0.3, 0.4) is 0 Å². The summed E-state index contributed by atoms with van der Waals surface area (Å²) >= 11 is 1.91. The molecule has 0 bridgehead atoms. The average molecular weight is 264 g/mol. The summed E-state index contributed by atoms with van der Waals surface area (Å²) in [5.74, 6) is 0.568. The zero-order valence-electron chi connectivity index (χ0n) is 11.4. The Labute approximate surface area is 117 Å². The van der Waals surface area contributed by atoms with Crippen molar-refractivity contribution in [1.82, 2.24) is 0 Å². The zero-order valence-corrected chi connectivity index (χ0v) is 12.3. The molecule has 1 aliphatic rings. The van der Waals surface area contributed by atoms with Crippen molar-refractivity contribution in [2.24, 2.45) is 0 Å². The van der Waals surface area contributed by atoms with Crippen LogP contribution in [-0.2, 0) is 0 Å². The molecule has 1 aromatic heterocycles. The molecule has 2 aromatic carbocycles. The van der Waals surface area contributed by atoms with Crippen molar-refractivity contribution in [2.75, 3.05) is 0 Å². The van der Waals surface area contributed by atoms with Crippen LogP contribution in [0, 0.1) is 0 Å². The molecule has 0 fully saturated rings. The first-order valence-electron chi connectivity index (χ1n) is 6.80. The third kappa shape index (κ3) is 1.34. The minimum atomic E-state index is 0.568. The van der Waals surface area contributed by atoms with Gasteiger partial charge in [0, 0.05) is 26.1 Å². The monoisotopic (exact) mass is 264 g/mol. The van der Waals surface area contributed by atoms with E-state index in [2.05, 4.69) is 57.2 Å². The highest BCUT2D eigenvalue weighted by atomic mass is 32.1. The van der Waals surface area contributed by atoms with Gasteiger partial charge in [-0.2, -0.15) is 0 Å². The van der Waals surface area contributed by atoms with E-state index < -0.39 is 0 Å². The van der Waals surface area contributed by atoms with Crippen LogP contribution in [0.4, 0.5) is 0 Å². The summed E-state index contributed by atoms with van der Waals surface area (Å²) in [6, 6.07) is 13.4. The molecule has 0 aliphatic heterocycles. The lowest BCUT2D eigenvalue weighted by Crippen LogP contribution is -1.89. The van der Waals surface area contributed by atoms with Crippen molar-refractivity contribution < 1.29 is 0 Å². The van der Waals surface area contributed by atoms with Gasteiger partial charge in [-0.3, -0.25) is 0 Å². The molecule has 1 atom stereocenters. The van der Waals surface area contributed by atoms with Gasteiger partial charge in [-0.05, 0) is 42.7 Å². The second-order valence-corrected chi connectivity index (χ2v) is 6.61. The first-order chi connectivity index (χ1) is 9.18. The lowest BCUT2D eigenvalue weighted by Gasteiger charge is -2.07. The lowest BCUT2D eigenvalue weighted by atomic mass is 9.96. The SMILES string of the molecule is CC1=C(C)C(C)c2ccc3sc4ccccc4c3c21. The predicted octanol–water partition coefficient (Wildman–Crippen LogP) is 5.97. The van der Waals surface area contributed by atoms with Crippen molar-refractivity contribution in [1.29, 1.82) is 0 Å². The minimum Gasteiger partial charge on any atom is -0.135 e. The van der Waals surface area contributed by atoms with Gasteiger partial charge in [-0.1, -0.05) is 36.8 Å². The molecule has 3 aromatic rings. The maximum absolute atomic E-state index is 2.33. The van der Waals surface area contributed by atoms with Crippen molar-refractivity contribution in [3.63, 3.8) is 0 Å². The van der Waals surface area contributed by atoms with E-state index in [1.165, 1.54) is 42.4 Å². The summed E-state index contributed by atoms with van der Waals surface area (Å²) in [7, 11) is 0. The molecular weight excluding hydrogens is 248 g/mol. The number of thiophene rings is 1. The van der Waals surface area contributed by atoms with E-state index in [-0.39, 0.29) is 0 Å². The van der Waals surface area contributed by atoms with Crippen LogP contribution in [0.2, 0.25) is 0 Å². The largest absolute Gasteiger partial charge is 0.135 e. The second-order valence-electron chi connectivity index (χ2n) is 5.53. The normalized spacial score (nSPS) is 18.6. The number of hydrogen-bond donors (Lipinski definition) is 0. The molecule has 0 N–H and O–H groups in total. The first kappa shape index (κ1) is 11.2. The van der Waals surface area contributed by atoms with E-state index in [1.807, 2.05) is 11.3 Å². The number of allylic oxidation sites excluding steroid dienone is 2. The molecule has 1 heterocycles. The van der Waals surface area contributed by atoms with Gasteiger partial charge in [-0.25, -0.2) is 0 Å². The highest BCUT2D eigenvalue weighted by Crippen LogP contribution is 2.48. The van der Waals surface area contributed by atoms with Gasteiger partial charge in [0.15, 0.2) is 0 Å². The average Bonchev–Trinajstić information content (AvgIpc) is 2.91. The second kappa shape index (κ2) is 3.71. The van der Waals surface area contributed by atoms with E-state index in [4.69, 9.17) is 0 Å². The van der Waals surface area contributed by atoms with E-state index in [1.54, 1.807) is 0 Å². The quantitative estimate of drug-likeness (QED) is 0.469. The summed E-state index contributed by atoms with van der Waals surface area (Å²) in [6.45, 7) is 6.88. The summed E-state index contributed by atoms with van der Waals surface area (Å²) in [6.07, 6.45) is 0. The Bertz CT molecular complexity index is 849. The molecule has 0 saturated heterocycles. The van der Waals surface area contributed by atoms with E-state index in [9.17, 15) is 0 Å².